The fourth-order valence-corrected chi connectivity index (χ4v) is 3.28. The Hall–Kier alpha value is -1.60. The van der Waals surface area contributed by atoms with Crippen molar-refractivity contribution in [3.05, 3.63) is 38.2 Å². The second-order valence-electron chi connectivity index (χ2n) is 5.75. The van der Waals surface area contributed by atoms with Gasteiger partial charge < -0.3 is 4.74 Å². The molecule has 1 aromatic heterocycles. The van der Waals surface area contributed by atoms with Crippen molar-refractivity contribution in [3.63, 3.8) is 0 Å². The molecular formula is C15H17ClFN3O2S. The molecule has 124 valence electrons. The molecule has 0 N–H and O–H groups in total. The predicted octanol–water partition coefficient (Wildman–Crippen LogP) is 3.54. The number of hydrogen-bond acceptors (Lipinski definition) is 3. The standard InChI is InChI=1S/C15H17ClFN3O2S/c1-9(2)22-13-8-12(11(17)7-10(13)16)20-14(21)18-5-3-4-6-19(18)15(20)23/h7-9H,3-6H2,1-2H3. The van der Waals surface area contributed by atoms with Crippen LogP contribution >= 0.6 is 23.8 Å². The van der Waals surface area contributed by atoms with Crippen LogP contribution < -0.4 is 10.4 Å². The first-order valence-corrected chi connectivity index (χ1v) is 8.27. The smallest absolute Gasteiger partial charge is 0.349 e. The fourth-order valence-electron chi connectivity index (χ4n) is 2.72. The summed E-state index contributed by atoms with van der Waals surface area (Å²) in [7, 11) is 0. The molecule has 0 atom stereocenters. The topological polar surface area (TPSA) is 41.1 Å². The summed E-state index contributed by atoms with van der Waals surface area (Å²) in [4.78, 5) is 12.6. The van der Waals surface area contributed by atoms with Crippen LogP contribution in [0.15, 0.2) is 16.9 Å². The van der Waals surface area contributed by atoms with Crippen LogP contribution in [0.2, 0.25) is 5.02 Å². The van der Waals surface area contributed by atoms with Crippen molar-refractivity contribution < 1.29 is 9.13 Å². The quantitative estimate of drug-likeness (QED) is 0.789. The molecule has 0 spiro atoms. The number of nitrogens with zero attached hydrogens (tertiary/aromatic N) is 3. The third-order valence-electron chi connectivity index (χ3n) is 3.71. The normalized spacial score (nSPS) is 14.1. The average molecular weight is 358 g/mol. The lowest BCUT2D eigenvalue weighted by molar-refractivity contribution is 0.242. The predicted molar refractivity (Wildman–Crippen MR) is 88.8 cm³/mol. The van der Waals surface area contributed by atoms with Gasteiger partial charge in [0.05, 0.1) is 16.8 Å². The van der Waals surface area contributed by atoms with E-state index in [0.29, 0.717) is 18.8 Å². The van der Waals surface area contributed by atoms with Crippen molar-refractivity contribution in [2.75, 3.05) is 0 Å². The minimum absolute atomic E-state index is 0.0643. The Labute approximate surface area is 142 Å². The van der Waals surface area contributed by atoms with Gasteiger partial charge in [-0.3, -0.25) is 4.68 Å². The van der Waals surface area contributed by atoms with Crippen molar-refractivity contribution in [1.82, 2.24) is 13.9 Å². The molecule has 0 bridgehead atoms. The molecule has 0 unspecified atom stereocenters. The zero-order valence-electron chi connectivity index (χ0n) is 12.9. The summed E-state index contributed by atoms with van der Waals surface area (Å²) < 4.78 is 24.8. The third kappa shape index (κ3) is 2.83. The van der Waals surface area contributed by atoms with E-state index in [2.05, 4.69) is 0 Å². The van der Waals surface area contributed by atoms with Crippen LogP contribution in [0.4, 0.5) is 4.39 Å². The molecule has 5 nitrogen and oxygen atoms in total. The first kappa shape index (κ1) is 16.3. The molecule has 1 aromatic carbocycles. The van der Waals surface area contributed by atoms with Crippen LogP contribution in [-0.4, -0.2) is 20.0 Å². The van der Waals surface area contributed by atoms with Crippen molar-refractivity contribution in [3.8, 4) is 11.4 Å². The van der Waals surface area contributed by atoms with E-state index < -0.39 is 5.82 Å². The molecule has 0 saturated carbocycles. The van der Waals surface area contributed by atoms with Gasteiger partial charge in [0.1, 0.15) is 11.6 Å². The van der Waals surface area contributed by atoms with Gasteiger partial charge in [0.25, 0.3) is 0 Å². The Morgan fingerprint density at radius 3 is 2.52 bits per heavy atom. The molecule has 3 rings (SSSR count). The average Bonchev–Trinajstić information content (AvgIpc) is 2.74. The highest BCUT2D eigenvalue weighted by Crippen LogP contribution is 2.30. The van der Waals surface area contributed by atoms with Gasteiger partial charge in [-0.1, -0.05) is 11.6 Å². The number of benzene rings is 1. The van der Waals surface area contributed by atoms with Crippen LogP contribution in [0.1, 0.15) is 26.7 Å². The van der Waals surface area contributed by atoms with Crippen molar-refractivity contribution >= 4 is 23.8 Å². The summed E-state index contributed by atoms with van der Waals surface area (Å²) in [5.41, 5.74) is -0.277. The molecule has 2 aromatic rings. The third-order valence-corrected chi connectivity index (χ3v) is 4.40. The molecule has 1 aliphatic rings. The van der Waals surface area contributed by atoms with Crippen LogP contribution in [0.25, 0.3) is 5.69 Å². The maximum absolute atomic E-state index is 14.4. The minimum atomic E-state index is -0.608. The summed E-state index contributed by atoms with van der Waals surface area (Å²) in [6.45, 7) is 4.93. The summed E-state index contributed by atoms with van der Waals surface area (Å²) in [5, 5.41) is 0.163. The Balaban J connectivity index is 2.22. The van der Waals surface area contributed by atoms with Crippen LogP contribution in [0.3, 0.4) is 0 Å². The molecule has 0 amide bonds. The highest BCUT2D eigenvalue weighted by Gasteiger charge is 2.21. The molecule has 0 saturated heterocycles. The van der Waals surface area contributed by atoms with Gasteiger partial charge in [0, 0.05) is 19.2 Å². The Morgan fingerprint density at radius 1 is 1.26 bits per heavy atom. The fraction of sp³-hybridized carbons (Fsp3) is 0.467. The number of rotatable bonds is 3. The van der Waals surface area contributed by atoms with Gasteiger partial charge in [-0.15, -0.1) is 0 Å². The van der Waals surface area contributed by atoms with E-state index >= 15 is 0 Å². The van der Waals surface area contributed by atoms with Gasteiger partial charge in [0.2, 0.25) is 4.77 Å². The summed E-state index contributed by atoms with van der Waals surface area (Å²) in [6, 6.07) is 2.58. The summed E-state index contributed by atoms with van der Waals surface area (Å²) in [5.74, 6) is -0.281. The van der Waals surface area contributed by atoms with E-state index in [9.17, 15) is 9.18 Å². The van der Waals surface area contributed by atoms with Crippen molar-refractivity contribution in [1.29, 1.82) is 0 Å². The first-order valence-electron chi connectivity index (χ1n) is 7.49. The minimum Gasteiger partial charge on any atom is -0.489 e. The number of ether oxygens (including phenoxy) is 1. The first-order chi connectivity index (χ1) is 10.9. The SMILES string of the molecule is CC(C)Oc1cc(-n2c(=O)n3n(c2=S)CCCC3)c(F)cc1Cl. The highest BCUT2D eigenvalue weighted by atomic mass is 35.5. The van der Waals surface area contributed by atoms with Gasteiger partial charge >= 0.3 is 5.69 Å². The van der Waals surface area contributed by atoms with Crippen LogP contribution in [-0.2, 0) is 13.1 Å². The highest BCUT2D eigenvalue weighted by molar-refractivity contribution is 7.71. The molecule has 0 aliphatic carbocycles. The molecule has 0 radical (unpaired) electrons. The van der Waals surface area contributed by atoms with Crippen LogP contribution in [0.5, 0.6) is 5.75 Å². The van der Waals surface area contributed by atoms with Gasteiger partial charge in [-0.2, -0.15) is 0 Å². The molecule has 0 fully saturated rings. The number of aromatic nitrogens is 3. The lowest BCUT2D eigenvalue weighted by atomic mass is 10.2. The number of hydrogen-bond donors (Lipinski definition) is 0. The molecule has 8 heteroatoms. The van der Waals surface area contributed by atoms with Crippen LogP contribution in [0, 0.1) is 10.6 Å². The Bertz CT molecular complexity index is 831. The van der Waals surface area contributed by atoms with E-state index in [0.717, 1.165) is 18.9 Å². The summed E-state index contributed by atoms with van der Waals surface area (Å²) >= 11 is 11.4. The van der Waals surface area contributed by atoms with E-state index in [-0.39, 0.29) is 27.3 Å². The summed E-state index contributed by atoms with van der Waals surface area (Å²) in [6.07, 6.45) is 1.73. The second-order valence-corrected chi connectivity index (χ2v) is 6.53. The molecular weight excluding hydrogens is 341 g/mol. The van der Waals surface area contributed by atoms with Gasteiger partial charge in [0.15, 0.2) is 0 Å². The van der Waals surface area contributed by atoms with Crippen molar-refractivity contribution in [2.24, 2.45) is 0 Å². The van der Waals surface area contributed by atoms with Gasteiger partial charge in [-0.25, -0.2) is 18.4 Å². The zero-order chi connectivity index (χ0) is 16.7. The number of fused-ring (bicyclic) bond motifs is 1. The Morgan fingerprint density at radius 2 is 1.91 bits per heavy atom. The second kappa shape index (κ2) is 6.13. The zero-order valence-corrected chi connectivity index (χ0v) is 14.5. The monoisotopic (exact) mass is 357 g/mol. The molecule has 1 aliphatic heterocycles. The lowest BCUT2D eigenvalue weighted by Gasteiger charge is -2.14. The Kier molecular flexibility index (Phi) is 4.33. The lowest BCUT2D eigenvalue weighted by Crippen LogP contribution is -2.29. The molecule has 23 heavy (non-hydrogen) atoms. The maximum atomic E-state index is 14.4. The largest absolute Gasteiger partial charge is 0.489 e. The van der Waals surface area contributed by atoms with E-state index in [1.807, 2.05) is 13.8 Å². The number of halogens is 2. The van der Waals surface area contributed by atoms with Gasteiger partial charge in [-0.05, 0) is 45.0 Å². The maximum Gasteiger partial charge on any atom is 0.349 e. The molecule has 2 heterocycles. The van der Waals surface area contributed by atoms with E-state index in [1.54, 1.807) is 9.36 Å². The van der Waals surface area contributed by atoms with Crippen molar-refractivity contribution in [2.45, 2.75) is 45.9 Å². The van der Waals surface area contributed by atoms with E-state index in [1.165, 1.54) is 10.6 Å². The van der Waals surface area contributed by atoms with E-state index in [4.69, 9.17) is 28.6 Å².